The quantitative estimate of drug-likeness (QED) is 0.637. The van der Waals surface area contributed by atoms with Gasteiger partial charge in [0.15, 0.2) is 0 Å². The number of ether oxygens (including phenoxy) is 2. The Hall–Kier alpha value is -2.22. The van der Waals surface area contributed by atoms with Crippen LogP contribution in [0.15, 0.2) is 34.9 Å². The number of hydrogen-bond donors (Lipinski definition) is 1. The molecular formula is C16H20N2O3. The third-order valence-corrected chi connectivity index (χ3v) is 3.93. The van der Waals surface area contributed by atoms with E-state index in [2.05, 4.69) is 18.2 Å². The highest BCUT2D eigenvalue weighted by molar-refractivity contribution is 5.91. The van der Waals surface area contributed by atoms with Gasteiger partial charge in [-0.25, -0.2) is 4.79 Å². The number of allylic oxidation sites excluding steroid dienone is 4. The van der Waals surface area contributed by atoms with Crippen LogP contribution in [0.25, 0.3) is 0 Å². The summed E-state index contributed by atoms with van der Waals surface area (Å²) >= 11 is 0. The highest BCUT2D eigenvalue weighted by Gasteiger charge is 2.39. The summed E-state index contributed by atoms with van der Waals surface area (Å²) in [5.74, 6) is -0.0592. The van der Waals surface area contributed by atoms with Crippen molar-refractivity contribution in [1.82, 2.24) is 0 Å². The topological polar surface area (TPSA) is 85.3 Å². The van der Waals surface area contributed by atoms with Gasteiger partial charge in [-0.1, -0.05) is 12.2 Å². The monoisotopic (exact) mass is 288 g/mol. The molecule has 0 amide bonds. The summed E-state index contributed by atoms with van der Waals surface area (Å²) in [4.78, 5) is 12.3. The Morgan fingerprint density at radius 2 is 2.33 bits per heavy atom. The van der Waals surface area contributed by atoms with E-state index in [-0.39, 0.29) is 24.3 Å². The number of esters is 1. The van der Waals surface area contributed by atoms with E-state index in [0.717, 1.165) is 19.3 Å². The van der Waals surface area contributed by atoms with Gasteiger partial charge in [-0.2, -0.15) is 5.26 Å². The third kappa shape index (κ3) is 2.94. The van der Waals surface area contributed by atoms with Gasteiger partial charge in [0.25, 0.3) is 0 Å². The lowest BCUT2D eigenvalue weighted by atomic mass is 9.74. The molecule has 0 spiro atoms. The molecule has 0 fully saturated rings. The molecule has 21 heavy (non-hydrogen) atoms. The summed E-state index contributed by atoms with van der Waals surface area (Å²) in [5, 5.41) is 9.42. The number of rotatable bonds is 3. The molecule has 1 aliphatic carbocycles. The van der Waals surface area contributed by atoms with Gasteiger partial charge in [-0.3, -0.25) is 0 Å². The summed E-state index contributed by atoms with van der Waals surface area (Å²) in [6.07, 6.45) is 6.88. The largest absolute Gasteiger partial charge is 0.463 e. The summed E-state index contributed by atoms with van der Waals surface area (Å²) in [6, 6.07) is 2.11. The molecule has 112 valence electrons. The lowest BCUT2D eigenvalue weighted by Crippen LogP contribution is -2.32. The van der Waals surface area contributed by atoms with Crippen LogP contribution in [0.5, 0.6) is 0 Å². The van der Waals surface area contributed by atoms with E-state index >= 15 is 0 Å². The fourth-order valence-electron chi connectivity index (χ4n) is 2.99. The van der Waals surface area contributed by atoms with E-state index in [1.807, 2.05) is 0 Å². The van der Waals surface area contributed by atoms with Crippen LogP contribution >= 0.6 is 0 Å². The van der Waals surface area contributed by atoms with Crippen molar-refractivity contribution in [1.29, 1.82) is 5.26 Å². The highest BCUT2D eigenvalue weighted by atomic mass is 16.5. The number of nitrogens with zero attached hydrogens (tertiary/aromatic N) is 1. The molecule has 2 aliphatic rings. The van der Waals surface area contributed by atoms with Gasteiger partial charge in [0, 0.05) is 5.92 Å². The second-order valence-corrected chi connectivity index (χ2v) is 5.20. The van der Waals surface area contributed by atoms with Gasteiger partial charge in [0.05, 0.1) is 17.8 Å². The molecular weight excluding hydrogens is 268 g/mol. The minimum Gasteiger partial charge on any atom is -0.463 e. The smallest absolute Gasteiger partial charge is 0.338 e. The SMILES string of the molecule is CCOC(=O)C1=C(C)OC(N)=C(C#N)[C@@H]1[C@@H]1CC=CCC1. The fourth-order valence-corrected chi connectivity index (χ4v) is 2.99. The molecule has 5 nitrogen and oxygen atoms in total. The molecule has 2 rings (SSSR count). The van der Waals surface area contributed by atoms with Crippen LogP contribution in [0.4, 0.5) is 0 Å². The second-order valence-electron chi connectivity index (χ2n) is 5.20. The molecule has 1 heterocycles. The lowest BCUT2D eigenvalue weighted by Gasteiger charge is -2.33. The van der Waals surface area contributed by atoms with E-state index in [4.69, 9.17) is 15.2 Å². The van der Waals surface area contributed by atoms with Crippen molar-refractivity contribution in [2.45, 2.75) is 33.1 Å². The molecule has 1 aliphatic heterocycles. The molecule has 5 heteroatoms. The molecule has 2 atom stereocenters. The standard InChI is InChI=1S/C16H20N2O3/c1-3-20-16(19)13-10(2)21-15(18)12(9-17)14(13)11-7-5-4-6-8-11/h4-5,11,14H,3,6-8,18H2,1-2H3/t11-,14+/m1/s1. The zero-order valence-corrected chi connectivity index (χ0v) is 12.4. The Bertz CT molecular complexity index is 567. The first-order chi connectivity index (χ1) is 10.1. The Balaban J connectivity index is 2.44. The van der Waals surface area contributed by atoms with Crippen molar-refractivity contribution < 1.29 is 14.3 Å². The van der Waals surface area contributed by atoms with Crippen LogP contribution in [0, 0.1) is 23.2 Å². The molecule has 0 aromatic heterocycles. The molecule has 0 saturated carbocycles. The number of nitriles is 1. The number of carbonyl (C=O) groups is 1. The summed E-state index contributed by atoms with van der Waals surface area (Å²) in [7, 11) is 0. The molecule has 0 aromatic carbocycles. The van der Waals surface area contributed by atoms with Crippen molar-refractivity contribution in [3.63, 3.8) is 0 Å². The maximum atomic E-state index is 12.3. The highest BCUT2D eigenvalue weighted by Crippen LogP contribution is 2.41. The first kappa shape index (κ1) is 15.2. The molecule has 0 saturated heterocycles. The van der Waals surface area contributed by atoms with Gasteiger partial charge in [0.1, 0.15) is 11.8 Å². The number of nitrogens with two attached hydrogens (primary N) is 1. The van der Waals surface area contributed by atoms with E-state index in [0.29, 0.717) is 16.9 Å². The van der Waals surface area contributed by atoms with Gasteiger partial charge in [-0.15, -0.1) is 0 Å². The zero-order valence-electron chi connectivity index (χ0n) is 12.4. The Labute approximate surface area is 124 Å². The lowest BCUT2D eigenvalue weighted by molar-refractivity contribution is -0.139. The Morgan fingerprint density at radius 1 is 1.57 bits per heavy atom. The molecule has 0 aromatic rings. The normalized spacial score (nSPS) is 25.4. The Morgan fingerprint density at radius 3 is 2.90 bits per heavy atom. The van der Waals surface area contributed by atoms with Gasteiger partial charge >= 0.3 is 5.97 Å². The molecule has 2 N–H and O–H groups in total. The van der Waals surface area contributed by atoms with Crippen LogP contribution in [-0.4, -0.2) is 12.6 Å². The van der Waals surface area contributed by atoms with E-state index in [1.165, 1.54) is 0 Å². The summed E-state index contributed by atoms with van der Waals surface area (Å²) in [5.41, 5.74) is 6.61. The molecule has 0 unspecified atom stereocenters. The zero-order chi connectivity index (χ0) is 15.4. The minimum absolute atomic E-state index is 0.0996. The number of carbonyl (C=O) groups excluding carboxylic acids is 1. The molecule has 0 radical (unpaired) electrons. The summed E-state index contributed by atoms with van der Waals surface area (Å²) < 4.78 is 10.5. The average molecular weight is 288 g/mol. The van der Waals surface area contributed by atoms with Gasteiger partial charge in [0.2, 0.25) is 5.88 Å². The van der Waals surface area contributed by atoms with Crippen molar-refractivity contribution >= 4 is 5.97 Å². The van der Waals surface area contributed by atoms with E-state index < -0.39 is 5.97 Å². The Kier molecular flexibility index (Phi) is 4.69. The predicted octanol–water partition coefficient (Wildman–Crippen LogP) is 2.52. The predicted molar refractivity (Wildman–Crippen MR) is 77.2 cm³/mol. The van der Waals surface area contributed by atoms with Crippen LogP contribution in [0.1, 0.15) is 33.1 Å². The molecule has 0 bridgehead atoms. The van der Waals surface area contributed by atoms with Gasteiger partial charge < -0.3 is 15.2 Å². The van der Waals surface area contributed by atoms with E-state index in [9.17, 15) is 10.1 Å². The fraction of sp³-hybridized carbons (Fsp3) is 0.500. The van der Waals surface area contributed by atoms with Gasteiger partial charge in [-0.05, 0) is 39.0 Å². The van der Waals surface area contributed by atoms with Crippen LogP contribution in [0.2, 0.25) is 0 Å². The third-order valence-electron chi connectivity index (χ3n) is 3.93. The second kappa shape index (κ2) is 6.49. The van der Waals surface area contributed by atoms with Crippen LogP contribution < -0.4 is 5.73 Å². The maximum absolute atomic E-state index is 12.3. The minimum atomic E-state index is -0.421. The summed E-state index contributed by atoms with van der Waals surface area (Å²) in [6.45, 7) is 3.73. The number of hydrogen-bond acceptors (Lipinski definition) is 5. The first-order valence-corrected chi connectivity index (χ1v) is 7.20. The van der Waals surface area contributed by atoms with E-state index in [1.54, 1.807) is 13.8 Å². The van der Waals surface area contributed by atoms with Crippen LogP contribution in [-0.2, 0) is 14.3 Å². The van der Waals surface area contributed by atoms with Crippen molar-refractivity contribution in [3.8, 4) is 6.07 Å². The van der Waals surface area contributed by atoms with Crippen LogP contribution in [0.3, 0.4) is 0 Å². The average Bonchev–Trinajstić information content (AvgIpc) is 2.47. The first-order valence-electron chi connectivity index (χ1n) is 7.20. The van der Waals surface area contributed by atoms with Crippen molar-refractivity contribution in [2.24, 2.45) is 17.6 Å². The van der Waals surface area contributed by atoms with Crippen molar-refractivity contribution in [3.05, 3.63) is 34.9 Å². The maximum Gasteiger partial charge on any atom is 0.338 e. The van der Waals surface area contributed by atoms with Crippen molar-refractivity contribution in [2.75, 3.05) is 6.61 Å².